The lowest BCUT2D eigenvalue weighted by Crippen LogP contribution is -2.37. The van der Waals surface area contributed by atoms with E-state index in [0.717, 1.165) is 38.5 Å². The van der Waals surface area contributed by atoms with Crippen LogP contribution in [-0.4, -0.2) is 61.8 Å². The Kier molecular flexibility index (Phi) is 20.0. The van der Waals surface area contributed by atoms with Crippen molar-refractivity contribution in [3.05, 3.63) is 0 Å². The first-order chi connectivity index (χ1) is 24.1. The van der Waals surface area contributed by atoms with Crippen molar-refractivity contribution in [3.8, 4) is 0 Å². The molecule has 4 aliphatic rings. The van der Waals surface area contributed by atoms with E-state index in [-0.39, 0.29) is 24.1 Å². The van der Waals surface area contributed by atoms with Crippen LogP contribution >= 0.6 is 0 Å². The van der Waals surface area contributed by atoms with Crippen molar-refractivity contribution in [3.63, 3.8) is 0 Å². The summed E-state index contributed by atoms with van der Waals surface area (Å²) in [4.78, 5) is 26.1. The van der Waals surface area contributed by atoms with Crippen LogP contribution in [0.2, 0.25) is 0 Å². The molecule has 7 heteroatoms. The average Bonchev–Trinajstić information content (AvgIpc) is 4.02. The number of hydrogen-bond acceptors (Lipinski definition) is 7. The predicted octanol–water partition coefficient (Wildman–Crippen LogP) is 10.6. The highest BCUT2D eigenvalue weighted by Crippen LogP contribution is 2.44. The quantitative estimate of drug-likeness (QED) is 0.0394. The highest BCUT2D eigenvalue weighted by atomic mass is 16.6. The number of hydrogen-bond donors (Lipinski definition) is 0. The number of ether oxygens (including phenoxy) is 5. The van der Waals surface area contributed by atoms with Crippen molar-refractivity contribution < 1.29 is 33.3 Å². The van der Waals surface area contributed by atoms with E-state index in [2.05, 4.69) is 13.8 Å². The normalized spacial score (nSPS) is 28.2. The number of esters is 2. The summed E-state index contributed by atoms with van der Waals surface area (Å²) in [6.45, 7) is 5.36. The Labute approximate surface area is 300 Å². The molecule has 7 nitrogen and oxygen atoms in total. The molecular formula is C42H74O7. The van der Waals surface area contributed by atoms with Crippen molar-refractivity contribution >= 4 is 11.9 Å². The Hall–Kier alpha value is -1.18. The molecule has 0 aromatic carbocycles. The van der Waals surface area contributed by atoms with Crippen molar-refractivity contribution in [2.24, 2.45) is 11.8 Å². The molecule has 0 aromatic heterocycles. The maximum atomic E-state index is 13.0. The number of epoxide rings is 3. The number of fused-ring (bicyclic) bond motifs is 1. The van der Waals surface area contributed by atoms with Gasteiger partial charge in [0.15, 0.2) is 0 Å². The summed E-state index contributed by atoms with van der Waals surface area (Å²) in [5.74, 6) is -1.42. The van der Waals surface area contributed by atoms with Gasteiger partial charge in [-0.3, -0.25) is 9.59 Å². The molecule has 8 atom stereocenters. The lowest BCUT2D eigenvalue weighted by atomic mass is 9.79. The van der Waals surface area contributed by atoms with Gasteiger partial charge in [0, 0.05) is 0 Å². The molecule has 1 aliphatic carbocycles. The maximum Gasteiger partial charge on any atom is 0.309 e. The van der Waals surface area contributed by atoms with Crippen LogP contribution in [0.15, 0.2) is 0 Å². The fourth-order valence-electron chi connectivity index (χ4n) is 8.09. The van der Waals surface area contributed by atoms with Crippen LogP contribution in [0.25, 0.3) is 0 Å². The van der Waals surface area contributed by atoms with Gasteiger partial charge in [-0.2, -0.15) is 0 Å². The van der Waals surface area contributed by atoms with E-state index >= 15 is 0 Å². The zero-order valence-corrected chi connectivity index (χ0v) is 31.7. The third kappa shape index (κ3) is 16.8. The SMILES string of the molecule is CCCCCCCCCCCC1OC1CCCCOC(=O)C1CC2OC2CC1C(=O)OCCCCC1OC1CCCCCCCCCCC. The molecule has 3 saturated heterocycles. The highest BCUT2D eigenvalue weighted by Gasteiger charge is 2.53. The standard InChI is InChI=1S/C42H74O7/c1-3-5-7-9-11-13-15-17-19-25-35-37(47-35)27-21-23-29-45-41(43)33-31-39-40(49-39)32-34(33)42(44)46-30-24-22-28-38-36(48-38)26-20-18-16-14-12-10-8-6-4-2/h33-40H,3-32H2,1-2H3. The second-order valence-corrected chi connectivity index (χ2v) is 15.9. The first-order valence-corrected chi connectivity index (χ1v) is 21.4. The summed E-state index contributed by atoms with van der Waals surface area (Å²) in [6.07, 6.45) is 35.6. The summed E-state index contributed by atoms with van der Waals surface area (Å²) in [6, 6.07) is 0. The van der Waals surface area contributed by atoms with Crippen LogP contribution in [0.3, 0.4) is 0 Å². The summed E-state index contributed by atoms with van der Waals surface area (Å²) in [7, 11) is 0. The summed E-state index contributed by atoms with van der Waals surface area (Å²) in [5, 5.41) is 0. The van der Waals surface area contributed by atoms with Gasteiger partial charge in [-0.05, 0) is 64.2 Å². The summed E-state index contributed by atoms with van der Waals surface area (Å²) >= 11 is 0. The molecule has 0 N–H and O–H groups in total. The van der Waals surface area contributed by atoms with Gasteiger partial charge in [-0.25, -0.2) is 0 Å². The van der Waals surface area contributed by atoms with Crippen molar-refractivity contribution in [1.82, 2.24) is 0 Å². The van der Waals surface area contributed by atoms with E-state index in [0.29, 0.717) is 50.5 Å². The monoisotopic (exact) mass is 691 g/mol. The maximum absolute atomic E-state index is 13.0. The van der Waals surface area contributed by atoms with Crippen LogP contribution < -0.4 is 0 Å². The molecule has 0 spiro atoms. The third-order valence-electron chi connectivity index (χ3n) is 11.6. The topological polar surface area (TPSA) is 90.2 Å². The molecule has 3 aliphatic heterocycles. The Morgan fingerprint density at radius 3 is 1.08 bits per heavy atom. The van der Waals surface area contributed by atoms with E-state index in [1.54, 1.807) is 0 Å². The van der Waals surface area contributed by atoms with Gasteiger partial charge in [0.05, 0.1) is 61.7 Å². The Bertz CT molecular complexity index is 824. The van der Waals surface area contributed by atoms with Gasteiger partial charge in [-0.15, -0.1) is 0 Å². The minimum Gasteiger partial charge on any atom is -0.465 e. The van der Waals surface area contributed by atoms with Crippen LogP contribution in [0.1, 0.15) is 194 Å². The highest BCUT2D eigenvalue weighted by molar-refractivity contribution is 5.82. The Balaban J connectivity index is 0.955. The second-order valence-electron chi connectivity index (χ2n) is 15.9. The van der Waals surface area contributed by atoms with Crippen LogP contribution in [0.4, 0.5) is 0 Å². The molecule has 4 fully saturated rings. The molecule has 1 saturated carbocycles. The minimum absolute atomic E-state index is 0.0957. The zero-order chi connectivity index (χ0) is 34.5. The number of rotatable bonds is 32. The van der Waals surface area contributed by atoms with E-state index in [1.165, 1.54) is 128 Å². The molecule has 0 aromatic rings. The predicted molar refractivity (Wildman–Crippen MR) is 196 cm³/mol. The van der Waals surface area contributed by atoms with Crippen LogP contribution in [-0.2, 0) is 33.3 Å². The van der Waals surface area contributed by atoms with Gasteiger partial charge >= 0.3 is 11.9 Å². The summed E-state index contributed by atoms with van der Waals surface area (Å²) < 4.78 is 28.9. The molecule has 49 heavy (non-hydrogen) atoms. The first-order valence-electron chi connectivity index (χ1n) is 21.4. The average molecular weight is 691 g/mol. The third-order valence-corrected chi connectivity index (χ3v) is 11.6. The summed E-state index contributed by atoms with van der Waals surface area (Å²) in [5.41, 5.74) is 0. The number of carbonyl (C=O) groups excluding carboxylic acids is 2. The molecule has 0 amide bonds. The van der Waals surface area contributed by atoms with E-state index in [1.807, 2.05) is 0 Å². The fourth-order valence-corrected chi connectivity index (χ4v) is 8.09. The van der Waals surface area contributed by atoms with Crippen molar-refractivity contribution in [2.45, 2.75) is 230 Å². The molecule has 0 radical (unpaired) electrons. The van der Waals surface area contributed by atoms with Gasteiger partial charge in [0.1, 0.15) is 0 Å². The minimum atomic E-state index is -0.453. The lowest BCUT2D eigenvalue weighted by Gasteiger charge is -2.26. The molecular weight excluding hydrogens is 616 g/mol. The smallest absolute Gasteiger partial charge is 0.309 e. The molecule has 8 unspecified atom stereocenters. The lowest BCUT2D eigenvalue weighted by molar-refractivity contribution is -0.162. The van der Waals surface area contributed by atoms with E-state index < -0.39 is 11.8 Å². The van der Waals surface area contributed by atoms with Crippen LogP contribution in [0.5, 0.6) is 0 Å². The van der Waals surface area contributed by atoms with Gasteiger partial charge in [-0.1, -0.05) is 129 Å². The van der Waals surface area contributed by atoms with E-state index in [9.17, 15) is 9.59 Å². The van der Waals surface area contributed by atoms with E-state index in [4.69, 9.17) is 23.7 Å². The van der Waals surface area contributed by atoms with Gasteiger partial charge < -0.3 is 23.7 Å². The Morgan fingerprint density at radius 2 is 0.735 bits per heavy atom. The van der Waals surface area contributed by atoms with Gasteiger partial charge in [0.25, 0.3) is 0 Å². The van der Waals surface area contributed by atoms with Crippen molar-refractivity contribution in [2.75, 3.05) is 13.2 Å². The number of unbranched alkanes of at least 4 members (excludes halogenated alkanes) is 18. The molecule has 284 valence electrons. The largest absolute Gasteiger partial charge is 0.465 e. The molecule has 0 bridgehead atoms. The number of carbonyl (C=O) groups is 2. The molecule has 4 rings (SSSR count). The fraction of sp³-hybridized carbons (Fsp3) is 0.952. The van der Waals surface area contributed by atoms with Crippen molar-refractivity contribution in [1.29, 1.82) is 0 Å². The van der Waals surface area contributed by atoms with Gasteiger partial charge in [0.2, 0.25) is 0 Å². The zero-order valence-electron chi connectivity index (χ0n) is 31.7. The first kappa shape index (κ1) is 40.6. The second kappa shape index (κ2) is 24.1. The molecule has 3 heterocycles. The Morgan fingerprint density at radius 1 is 0.429 bits per heavy atom. The van der Waals surface area contributed by atoms with Crippen LogP contribution in [0, 0.1) is 11.8 Å².